The maximum atomic E-state index is 13.7. The maximum Gasteiger partial charge on any atom is 0.310 e. The Balaban J connectivity index is 1.53. The summed E-state index contributed by atoms with van der Waals surface area (Å²) in [6.45, 7) is 0.124. The van der Waals surface area contributed by atoms with Crippen molar-refractivity contribution < 1.29 is 28.2 Å². The summed E-state index contributed by atoms with van der Waals surface area (Å²) < 4.78 is 28.9. The summed E-state index contributed by atoms with van der Waals surface area (Å²) in [5.41, 5.74) is 1.43. The van der Waals surface area contributed by atoms with E-state index >= 15 is 0 Å². The van der Waals surface area contributed by atoms with E-state index in [4.69, 9.17) is 14.2 Å². The Morgan fingerprint density at radius 2 is 1.72 bits per heavy atom. The Morgan fingerprint density at radius 3 is 2.31 bits per heavy atom. The van der Waals surface area contributed by atoms with Crippen molar-refractivity contribution in [3.05, 3.63) is 59.4 Å². The van der Waals surface area contributed by atoms with Gasteiger partial charge in [-0.2, -0.15) is 0 Å². The second-order valence-electron chi connectivity index (χ2n) is 6.91. The molecule has 0 heterocycles. The number of esters is 1. The van der Waals surface area contributed by atoms with Gasteiger partial charge in [0.05, 0.1) is 20.6 Å². The van der Waals surface area contributed by atoms with E-state index in [0.717, 1.165) is 24.2 Å². The van der Waals surface area contributed by atoms with Gasteiger partial charge in [-0.1, -0.05) is 18.2 Å². The highest BCUT2D eigenvalue weighted by atomic mass is 19.1. The average Bonchev–Trinajstić information content (AvgIpc) is 3.56. The van der Waals surface area contributed by atoms with Crippen molar-refractivity contribution in [2.24, 2.45) is 0 Å². The van der Waals surface area contributed by atoms with Crippen molar-refractivity contribution in [3.63, 3.8) is 0 Å². The van der Waals surface area contributed by atoms with Gasteiger partial charge in [0.2, 0.25) is 0 Å². The molecule has 154 valence electrons. The quantitative estimate of drug-likeness (QED) is 0.604. The number of hydrogen-bond donors (Lipinski definition) is 0. The Hall–Kier alpha value is -3.09. The van der Waals surface area contributed by atoms with Crippen LogP contribution in [0.25, 0.3) is 0 Å². The van der Waals surface area contributed by atoms with Gasteiger partial charge in [-0.05, 0) is 48.2 Å². The molecule has 0 N–H and O–H groups in total. The zero-order valence-electron chi connectivity index (χ0n) is 16.5. The summed E-state index contributed by atoms with van der Waals surface area (Å²) in [5.74, 6) is -0.508. The van der Waals surface area contributed by atoms with E-state index in [1.165, 1.54) is 19.2 Å². The molecule has 2 aromatic carbocycles. The van der Waals surface area contributed by atoms with Crippen LogP contribution in [-0.2, 0) is 27.3 Å². The Bertz CT molecular complexity index is 864. The van der Waals surface area contributed by atoms with E-state index in [9.17, 15) is 14.0 Å². The fraction of sp³-hybridized carbons (Fsp3) is 0.364. The minimum atomic E-state index is -0.580. The number of hydrogen-bond acceptors (Lipinski definition) is 5. The van der Waals surface area contributed by atoms with E-state index in [1.54, 1.807) is 18.1 Å². The van der Waals surface area contributed by atoms with Crippen LogP contribution in [0.4, 0.5) is 4.39 Å². The Kier molecular flexibility index (Phi) is 6.69. The van der Waals surface area contributed by atoms with E-state index in [2.05, 4.69) is 0 Å². The van der Waals surface area contributed by atoms with E-state index < -0.39 is 11.8 Å². The molecule has 0 radical (unpaired) electrons. The summed E-state index contributed by atoms with van der Waals surface area (Å²) in [6.07, 6.45) is 1.78. The first-order chi connectivity index (χ1) is 14.0. The van der Waals surface area contributed by atoms with Crippen LogP contribution in [-0.4, -0.2) is 43.6 Å². The van der Waals surface area contributed by atoms with Gasteiger partial charge in [-0.15, -0.1) is 0 Å². The minimum Gasteiger partial charge on any atom is -0.497 e. The molecule has 7 heteroatoms. The Labute approximate surface area is 169 Å². The molecule has 0 saturated heterocycles. The SMILES string of the molecule is COc1ccc(CN(C(=O)COC(=O)Cc2ccc(OC)c(F)c2)C2CC2)cc1. The fourth-order valence-electron chi connectivity index (χ4n) is 3.00. The molecule has 1 amide bonds. The predicted octanol–water partition coefficient (Wildman–Crippen LogP) is 3.12. The van der Waals surface area contributed by atoms with Gasteiger partial charge in [-0.25, -0.2) is 4.39 Å². The largest absolute Gasteiger partial charge is 0.497 e. The molecule has 29 heavy (non-hydrogen) atoms. The molecule has 1 aliphatic carbocycles. The van der Waals surface area contributed by atoms with Crippen molar-refractivity contribution in [1.29, 1.82) is 0 Å². The van der Waals surface area contributed by atoms with Gasteiger partial charge < -0.3 is 19.1 Å². The Morgan fingerprint density at radius 1 is 1.03 bits per heavy atom. The van der Waals surface area contributed by atoms with Gasteiger partial charge in [0.15, 0.2) is 18.2 Å². The lowest BCUT2D eigenvalue weighted by molar-refractivity contribution is -0.152. The lowest BCUT2D eigenvalue weighted by Gasteiger charge is -2.22. The highest BCUT2D eigenvalue weighted by Gasteiger charge is 2.32. The molecule has 0 unspecified atom stereocenters. The molecular formula is C22H24FNO5. The van der Waals surface area contributed by atoms with Crippen molar-refractivity contribution >= 4 is 11.9 Å². The van der Waals surface area contributed by atoms with Crippen LogP contribution in [0.1, 0.15) is 24.0 Å². The average molecular weight is 401 g/mol. The third kappa shape index (κ3) is 5.70. The molecule has 0 aromatic heterocycles. The molecule has 2 aromatic rings. The molecule has 3 rings (SSSR count). The number of halogens is 1. The molecule has 1 fully saturated rings. The van der Waals surface area contributed by atoms with Crippen molar-refractivity contribution in [3.8, 4) is 11.5 Å². The van der Waals surface area contributed by atoms with Gasteiger partial charge in [0.25, 0.3) is 5.91 Å². The monoisotopic (exact) mass is 401 g/mol. The van der Waals surface area contributed by atoms with Gasteiger partial charge in [0, 0.05) is 12.6 Å². The van der Waals surface area contributed by atoms with Crippen molar-refractivity contribution in [1.82, 2.24) is 4.90 Å². The van der Waals surface area contributed by atoms with Gasteiger partial charge in [0.1, 0.15) is 5.75 Å². The lowest BCUT2D eigenvalue weighted by atomic mass is 10.1. The topological polar surface area (TPSA) is 65.1 Å². The normalized spacial score (nSPS) is 12.9. The predicted molar refractivity (Wildman–Crippen MR) is 104 cm³/mol. The van der Waals surface area contributed by atoms with Crippen molar-refractivity contribution in [2.75, 3.05) is 20.8 Å². The number of benzene rings is 2. The first kappa shape index (κ1) is 20.6. The molecule has 0 aliphatic heterocycles. The summed E-state index contributed by atoms with van der Waals surface area (Å²) in [7, 11) is 2.97. The van der Waals surface area contributed by atoms with Crippen LogP contribution in [0.3, 0.4) is 0 Å². The minimum absolute atomic E-state index is 0.107. The zero-order valence-corrected chi connectivity index (χ0v) is 16.5. The highest BCUT2D eigenvalue weighted by Crippen LogP contribution is 2.29. The molecule has 0 spiro atoms. The van der Waals surface area contributed by atoms with Crippen LogP contribution >= 0.6 is 0 Å². The third-order valence-electron chi connectivity index (χ3n) is 4.74. The molecule has 0 bridgehead atoms. The van der Waals surface area contributed by atoms with Crippen molar-refractivity contribution in [2.45, 2.75) is 31.8 Å². The maximum absolute atomic E-state index is 13.7. The molecule has 6 nitrogen and oxygen atoms in total. The number of carbonyl (C=O) groups excluding carboxylic acids is 2. The smallest absolute Gasteiger partial charge is 0.310 e. The molecule has 0 atom stereocenters. The first-order valence-corrected chi connectivity index (χ1v) is 9.40. The number of rotatable bonds is 9. The third-order valence-corrected chi connectivity index (χ3v) is 4.74. The molecular weight excluding hydrogens is 377 g/mol. The number of methoxy groups -OCH3 is 2. The highest BCUT2D eigenvalue weighted by molar-refractivity contribution is 5.81. The second kappa shape index (κ2) is 9.41. The molecule has 1 saturated carbocycles. The van der Waals surface area contributed by atoms with Crippen LogP contribution in [0.5, 0.6) is 11.5 Å². The summed E-state index contributed by atoms with van der Waals surface area (Å²) in [5, 5.41) is 0. The van der Waals surface area contributed by atoms with Gasteiger partial charge >= 0.3 is 5.97 Å². The van der Waals surface area contributed by atoms with Crippen LogP contribution in [0.2, 0.25) is 0 Å². The van der Waals surface area contributed by atoms with Crippen LogP contribution in [0, 0.1) is 5.82 Å². The summed E-state index contributed by atoms with van der Waals surface area (Å²) in [4.78, 5) is 26.4. The summed E-state index contributed by atoms with van der Waals surface area (Å²) in [6, 6.07) is 12.0. The van der Waals surface area contributed by atoms with Crippen LogP contribution in [0.15, 0.2) is 42.5 Å². The fourth-order valence-corrected chi connectivity index (χ4v) is 3.00. The first-order valence-electron chi connectivity index (χ1n) is 9.40. The standard InChI is InChI=1S/C22H24FNO5/c1-27-18-8-3-15(4-9-18)13-24(17-6-7-17)21(25)14-29-22(26)12-16-5-10-20(28-2)19(23)11-16/h3-5,8-11,17H,6-7,12-14H2,1-2H3. The number of carbonyl (C=O) groups is 2. The van der Waals surface area contributed by atoms with E-state index in [-0.39, 0.29) is 30.7 Å². The molecule has 1 aliphatic rings. The summed E-state index contributed by atoms with van der Waals surface area (Å²) >= 11 is 0. The second-order valence-corrected chi connectivity index (χ2v) is 6.91. The lowest BCUT2D eigenvalue weighted by Crippen LogP contribution is -2.36. The zero-order chi connectivity index (χ0) is 20.8. The number of amides is 1. The van der Waals surface area contributed by atoms with E-state index in [0.29, 0.717) is 12.1 Å². The number of nitrogens with zero attached hydrogens (tertiary/aromatic N) is 1. The van der Waals surface area contributed by atoms with Gasteiger partial charge in [-0.3, -0.25) is 9.59 Å². The van der Waals surface area contributed by atoms with E-state index in [1.807, 2.05) is 24.3 Å². The van der Waals surface area contributed by atoms with Crippen LogP contribution < -0.4 is 9.47 Å². The number of ether oxygens (including phenoxy) is 3.